The highest BCUT2D eigenvalue weighted by molar-refractivity contribution is 7.80. The standard InChI is InChI=1S/C20H18N2O2S2Si/c1-27(2,19-21-15(11-23-19)13-7-3-5-9-17(13)25)20-22-16(12-24-20)14-8-4-6-10-18(14)26/h3-12,25-26H,1-2H3. The molecule has 0 saturated carbocycles. The van der Waals surface area contributed by atoms with Gasteiger partial charge in [-0.2, -0.15) is 0 Å². The largest absolute Gasteiger partial charge is 0.453 e. The van der Waals surface area contributed by atoms with Gasteiger partial charge in [0.2, 0.25) is 8.07 Å². The van der Waals surface area contributed by atoms with Crippen molar-refractivity contribution < 1.29 is 8.83 Å². The monoisotopic (exact) mass is 410 g/mol. The van der Waals surface area contributed by atoms with Crippen molar-refractivity contribution in [2.45, 2.75) is 22.9 Å². The van der Waals surface area contributed by atoms with E-state index < -0.39 is 8.07 Å². The lowest BCUT2D eigenvalue weighted by molar-refractivity contribution is 0.577. The Morgan fingerprint density at radius 3 is 1.52 bits per heavy atom. The first kappa shape index (κ1) is 18.2. The molecule has 0 unspecified atom stereocenters. The van der Waals surface area contributed by atoms with E-state index in [2.05, 4.69) is 38.4 Å². The maximum atomic E-state index is 5.83. The predicted molar refractivity (Wildman–Crippen MR) is 115 cm³/mol. The number of thiol groups is 2. The van der Waals surface area contributed by atoms with Gasteiger partial charge in [-0.3, -0.25) is 0 Å². The first-order valence-corrected chi connectivity index (χ1v) is 12.3. The fourth-order valence-corrected chi connectivity index (χ4v) is 5.08. The Kier molecular flexibility index (Phi) is 4.75. The van der Waals surface area contributed by atoms with Crippen LogP contribution in [0.3, 0.4) is 0 Å². The van der Waals surface area contributed by atoms with E-state index in [-0.39, 0.29) is 0 Å². The molecule has 4 nitrogen and oxygen atoms in total. The van der Waals surface area contributed by atoms with Gasteiger partial charge in [0.25, 0.3) is 0 Å². The maximum Gasteiger partial charge on any atom is 0.249 e. The first-order valence-electron chi connectivity index (χ1n) is 8.45. The number of rotatable bonds is 4. The van der Waals surface area contributed by atoms with Gasteiger partial charge in [-0.15, -0.1) is 25.3 Å². The number of benzene rings is 2. The Balaban J connectivity index is 1.69. The summed E-state index contributed by atoms with van der Waals surface area (Å²) < 4.78 is 11.7. The van der Waals surface area contributed by atoms with Crippen molar-refractivity contribution in [3.63, 3.8) is 0 Å². The lowest BCUT2D eigenvalue weighted by Gasteiger charge is -2.12. The number of nitrogens with zero attached hydrogens (tertiary/aromatic N) is 2. The number of aromatic nitrogens is 2. The van der Waals surface area contributed by atoms with E-state index in [0.717, 1.165) is 32.3 Å². The Morgan fingerprint density at radius 1 is 0.704 bits per heavy atom. The molecule has 0 spiro atoms. The van der Waals surface area contributed by atoms with Crippen molar-refractivity contribution in [1.82, 2.24) is 9.97 Å². The van der Waals surface area contributed by atoms with E-state index in [0.29, 0.717) is 11.0 Å². The van der Waals surface area contributed by atoms with Gasteiger partial charge in [0.1, 0.15) is 23.9 Å². The first-order chi connectivity index (χ1) is 13.0. The number of hydrogen-bond acceptors (Lipinski definition) is 6. The highest BCUT2D eigenvalue weighted by Gasteiger charge is 2.38. The molecular weight excluding hydrogens is 392 g/mol. The van der Waals surface area contributed by atoms with E-state index in [9.17, 15) is 0 Å². The van der Waals surface area contributed by atoms with Crippen molar-refractivity contribution in [2.75, 3.05) is 0 Å². The highest BCUT2D eigenvalue weighted by Crippen LogP contribution is 2.26. The number of oxazole rings is 2. The SMILES string of the molecule is C[Si](C)(c1nc(-c2ccccc2S)co1)c1nc(-c2ccccc2S)co1. The Labute approximate surface area is 169 Å². The predicted octanol–water partition coefficient (Wildman–Crippen LogP) is 4.40. The summed E-state index contributed by atoms with van der Waals surface area (Å²) in [6, 6.07) is 15.6. The van der Waals surface area contributed by atoms with Crippen LogP contribution in [0.25, 0.3) is 22.5 Å². The van der Waals surface area contributed by atoms with Crippen molar-refractivity contribution >= 4 is 44.4 Å². The van der Waals surface area contributed by atoms with Gasteiger partial charge in [0.05, 0.1) is 0 Å². The summed E-state index contributed by atoms with van der Waals surface area (Å²) in [4.78, 5) is 11.2. The molecule has 4 rings (SSSR count). The summed E-state index contributed by atoms with van der Waals surface area (Å²) >= 11 is 9.01. The third kappa shape index (κ3) is 3.38. The Hall–Kier alpha value is -2.22. The quantitative estimate of drug-likeness (QED) is 0.387. The lowest BCUT2D eigenvalue weighted by atomic mass is 10.2. The zero-order valence-corrected chi connectivity index (χ0v) is 17.7. The zero-order chi connectivity index (χ0) is 19.0. The molecule has 7 heteroatoms. The van der Waals surface area contributed by atoms with Gasteiger partial charge >= 0.3 is 0 Å². The second kappa shape index (κ2) is 7.07. The molecule has 0 radical (unpaired) electrons. The van der Waals surface area contributed by atoms with Crippen LogP contribution in [0, 0.1) is 0 Å². The average Bonchev–Trinajstić information content (AvgIpc) is 3.33. The fraction of sp³-hybridized carbons (Fsp3) is 0.100. The molecule has 2 aromatic heterocycles. The van der Waals surface area contributed by atoms with Crippen molar-refractivity contribution in [3.05, 3.63) is 61.1 Å². The van der Waals surface area contributed by atoms with Crippen molar-refractivity contribution in [1.29, 1.82) is 0 Å². The van der Waals surface area contributed by atoms with Crippen LogP contribution in [0.15, 0.2) is 79.7 Å². The summed E-state index contributed by atoms with van der Waals surface area (Å²) in [7, 11) is -2.32. The minimum absolute atomic E-state index is 0.668. The van der Waals surface area contributed by atoms with E-state index in [1.54, 1.807) is 12.5 Å². The van der Waals surface area contributed by atoms with Crippen molar-refractivity contribution in [3.8, 4) is 22.5 Å². The Bertz CT molecular complexity index is 1020. The summed E-state index contributed by atoms with van der Waals surface area (Å²) in [6.45, 7) is 4.22. The highest BCUT2D eigenvalue weighted by atomic mass is 32.1. The molecule has 4 aromatic rings. The number of hydrogen-bond donors (Lipinski definition) is 2. The van der Waals surface area contributed by atoms with Crippen LogP contribution in [-0.2, 0) is 0 Å². The van der Waals surface area contributed by atoms with Crippen LogP contribution >= 0.6 is 25.3 Å². The smallest absolute Gasteiger partial charge is 0.249 e. The molecule has 2 aromatic carbocycles. The summed E-state index contributed by atoms with van der Waals surface area (Å²) in [6.07, 6.45) is 3.35. The third-order valence-corrected chi connectivity index (χ3v) is 7.82. The molecule has 0 bridgehead atoms. The molecule has 136 valence electrons. The molecule has 0 saturated heterocycles. The van der Waals surface area contributed by atoms with Gasteiger partial charge < -0.3 is 8.83 Å². The van der Waals surface area contributed by atoms with Crippen LogP contribution in [0.4, 0.5) is 0 Å². The van der Waals surface area contributed by atoms with Crippen LogP contribution < -0.4 is 11.0 Å². The minimum Gasteiger partial charge on any atom is -0.453 e. The summed E-state index contributed by atoms with van der Waals surface area (Å²) in [5.74, 6) is 0. The van der Waals surface area contributed by atoms with E-state index >= 15 is 0 Å². The van der Waals surface area contributed by atoms with E-state index in [1.165, 1.54) is 0 Å². The summed E-state index contributed by atoms with van der Waals surface area (Å²) in [5, 5.41) is 0. The normalized spacial score (nSPS) is 11.7. The van der Waals surface area contributed by atoms with Crippen LogP contribution in [-0.4, -0.2) is 18.0 Å². The average molecular weight is 411 g/mol. The third-order valence-electron chi connectivity index (χ3n) is 4.44. The van der Waals surface area contributed by atoms with Gasteiger partial charge in [-0.1, -0.05) is 49.5 Å². The fourth-order valence-electron chi connectivity index (χ4n) is 2.84. The van der Waals surface area contributed by atoms with Crippen LogP contribution in [0.5, 0.6) is 0 Å². The maximum absolute atomic E-state index is 5.83. The second-order valence-corrected chi connectivity index (χ2v) is 11.8. The summed E-state index contributed by atoms with van der Waals surface area (Å²) in [5.41, 5.74) is 4.76. The molecular formula is C20H18N2O2S2Si. The minimum atomic E-state index is -2.32. The van der Waals surface area contributed by atoms with E-state index in [1.807, 2.05) is 48.5 Å². The van der Waals surface area contributed by atoms with Crippen molar-refractivity contribution in [2.24, 2.45) is 0 Å². The molecule has 0 N–H and O–H groups in total. The molecule has 2 heterocycles. The lowest BCUT2D eigenvalue weighted by Crippen LogP contribution is -2.54. The molecule has 0 amide bonds. The molecule has 0 atom stereocenters. The second-order valence-electron chi connectivity index (χ2n) is 6.74. The van der Waals surface area contributed by atoms with Gasteiger partial charge in [0, 0.05) is 20.9 Å². The molecule has 0 fully saturated rings. The zero-order valence-electron chi connectivity index (χ0n) is 14.9. The molecule has 0 aliphatic heterocycles. The van der Waals surface area contributed by atoms with Crippen LogP contribution in [0.1, 0.15) is 0 Å². The van der Waals surface area contributed by atoms with Gasteiger partial charge in [-0.25, -0.2) is 9.97 Å². The van der Waals surface area contributed by atoms with Crippen LogP contribution in [0.2, 0.25) is 13.1 Å². The molecule has 0 aliphatic rings. The molecule has 0 aliphatic carbocycles. The Morgan fingerprint density at radius 2 is 1.11 bits per heavy atom. The van der Waals surface area contributed by atoms with Gasteiger partial charge in [0.15, 0.2) is 11.0 Å². The van der Waals surface area contributed by atoms with E-state index in [4.69, 9.17) is 18.8 Å². The molecule has 27 heavy (non-hydrogen) atoms. The van der Waals surface area contributed by atoms with Gasteiger partial charge in [-0.05, 0) is 12.1 Å². The topological polar surface area (TPSA) is 52.1 Å².